The Morgan fingerprint density at radius 2 is 1.33 bits per heavy atom. The van der Waals surface area contributed by atoms with Crippen LogP contribution in [0.15, 0.2) is 12.2 Å². The van der Waals surface area contributed by atoms with Gasteiger partial charge >= 0.3 is 12.3 Å². The number of Topliss-reactive ketones (excluding diaryl/α,β-unsaturated/α-hetero) is 1. The number of hydrogen-bond donors (Lipinski definition) is 0. The summed E-state index contributed by atoms with van der Waals surface area (Å²) in [4.78, 5) is 33.5. The van der Waals surface area contributed by atoms with Gasteiger partial charge in [-0.25, -0.2) is 9.59 Å². The summed E-state index contributed by atoms with van der Waals surface area (Å²) >= 11 is 0. The Hall–Kier alpha value is -1.85. The smallest absolute Gasteiger partial charge is 0.425 e. The molecule has 2 bridgehead atoms. The first-order valence-corrected chi connectivity index (χ1v) is 4.48. The fourth-order valence-electron chi connectivity index (χ4n) is 2.22. The Bertz CT molecular complexity index is 363. The summed E-state index contributed by atoms with van der Waals surface area (Å²) < 4.78 is 13.8. The zero-order valence-corrected chi connectivity index (χ0v) is 7.41. The highest BCUT2D eigenvalue weighted by atomic mass is 16.8. The zero-order valence-electron chi connectivity index (χ0n) is 7.41. The predicted octanol–water partition coefficient (Wildman–Crippen LogP) is 0.412. The van der Waals surface area contributed by atoms with Gasteiger partial charge in [0.1, 0.15) is 0 Å². The van der Waals surface area contributed by atoms with Crippen LogP contribution >= 0.6 is 0 Å². The van der Waals surface area contributed by atoms with Crippen LogP contribution in [0.25, 0.3) is 0 Å². The standard InChI is InChI=1S/C9H6O6/c10-5-3-1-2-4(5)7-6(3)13-8(11)15-9(12)14-7/h1-4,6-7H. The number of fused-ring (bicyclic) bond motifs is 5. The number of carbonyl (C=O) groups excluding carboxylic acids is 3. The third-order valence-corrected chi connectivity index (χ3v) is 2.85. The molecular weight excluding hydrogens is 204 g/mol. The van der Waals surface area contributed by atoms with Crippen molar-refractivity contribution >= 4 is 18.1 Å². The van der Waals surface area contributed by atoms with Gasteiger partial charge in [0.15, 0.2) is 18.0 Å². The van der Waals surface area contributed by atoms with E-state index >= 15 is 0 Å². The van der Waals surface area contributed by atoms with Crippen LogP contribution in [0.5, 0.6) is 0 Å². The molecule has 3 aliphatic rings. The van der Waals surface area contributed by atoms with Crippen molar-refractivity contribution in [2.75, 3.05) is 0 Å². The summed E-state index contributed by atoms with van der Waals surface area (Å²) in [6, 6.07) is 0. The molecule has 0 aromatic rings. The lowest BCUT2D eigenvalue weighted by molar-refractivity contribution is -0.122. The van der Waals surface area contributed by atoms with Crippen molar-refractivity contribution in [3.8, 4) is 0 Å². The summed E-state index contributed by atoms with van der Waals surface area (Å²) in [5, 5.41) is 0. The van der Waals surface area contributed by atoms with Gasteiger partial charge in [0, 0.05) is 0 Å². The highest BCUT2D eigenvalue weighted by molar-refractivity contribution is 5.94. The van der Waals surface area contributed by atoms with Crippen LogP contribution in [-0.4, -0.2) is 30.3 Å². The summed E-state index contributed by atoms with van der Waals surface area (Å²) in [5.41, 5.74) is 0. The highest BCUT2D eigenvalue weighted by Gasteiger charge is 2.57. The summed E-state index contributed by atoms with van der Waals surface area (Å²) in [7, 11) is 0. The molecule has 4 atom stereocenters. The van der Waals surface area contributed by atoms with Gasteiger partial charge in [-0.15, -0.1) is 0 Å². The molecular formula is C9H6O6. The number of carbonyl (C=O) groups is 3. The lowest BCUT2D eigenvalue weighted by Crippen LogP contribution is -2.34. The average Bonchev–Trinajstić information content (AvgIpc) is 2.56. The third-order valence-electron chi connectivity index (χ3n) is 2.85. The van der Waals surface area contributed by atoms with Gasteiger partial charge in [-0.05, 0) is 0 Å². The molecule has 3 rings (SSSR count). The first kappa shape index (κ1) is 8.46. The molecule has 1 aliphatic heterocycles. The van der Waals surface area contributed by atoms with Crippen LogP contribution in [0, 0.1) is 11.8 Å². The molecule has 2 fully saturated rings. The monoisotopic (exact) mass is 210 g/mol. The number of ether oxygens (including phenoxy) is 3. The second-order valence-corrected chi connectivity index (χ2v) is 3.61. The van der Waals surface area contributed by atoms with Crippen LogP contribution < -0.4 is 0 Å². The molecule has 0 amide bonds. The van der Waals surface area contributed by atoms with Crippen molar-refractivity contribution in [2.45, 2.75) is 12.2 Å². The minimum absolute atomic E-state index is 0.0764. The second-order valence-electron chi connectivity index (χ2n) is 3.61. The Morgan fingerprint density at radius 1 is 0.867 bits per heavy atom. The molecule has 2 aliphatic carbocycles. The van der Waals surface area contributed by atoms with E-state index < -0.39 is 36.4 Å². The molecule has 0 aromatic carbocycles. The van der Waals surface area contributed by atoms with Gasteiger partial charge in [-0.1, -0.05) is 12.2 Å². The van der Waals surface area contributed by atoms with Crippen LogP contribution in [0.1, 0.15) is 0 Å². The molecule has 0 radical (unpaired) electrons. The van der Waals surface area contributed by atoms with Crippen LogP contribution in [0.4, 0.5) is 9.59 Å². The van der Waals surface area contributed by atoms with Crippen LogP contribution in [-0.2, 0) is 19.0 Å². The molecule has 6 heteroatoms. The maximum Gasteiger partial charge on any atom is 0.519 e. The van der Waals surface area contributed by atoms with Crippen molar-refractivity contribution in [2.24, 2.45) is 11.8 Å². The van der Waals surface area contributed by atoms with Crippen molar-refractivity contribution in [3.63, 3.8) is 0 Å². The van der Waals surface area contributed by atoms with Crippen molar-refractivity contribution in [1.82, 2.24) is 0 Å². The van der Waals surface area contributed by atoms with E-state index in [1.807, 2.05) is 0 Å². The molecule has 1 saturated carbocycles. The predicted molar refractivity (Wildman–Crippen MR) is 42.8 cm³/mol. The van der Waals surface area contributed by atoms with E-state index in [9.17, 15) is 14.4 Å². The number of ketones is 1. The van der Waals surface area contributed by atoms with Gasteiger partial charge < -0.3 is 14.2 Å². The quantitative estimate of drug-likeness (QED) is 0.327. The van der Waals surface area contributed by atoms with E-state index in [2.05, 4.69) is 4.74 Å². The number of rotatable bonds is 0. The molecule has 4 unspecified atom stereocenters. The Labute approximate surface area is 83.8 Å². The summed E-state index contributed by atoms with van der Waals surface area (Å²) in [6.45, 7) is 0. The van der Waals surface area contributed by atoms with Gasteiger partial charge in [-0.2, -0.15) is 0 Å². The average molecular weight is 210 g/mol. The van der Waals surface area contributed by atoms with E-state index in [0.717, 1.165) is 0 Å². The molecule has 78 valence electrons. The fraction of sp³-hybridized carbons (Fsp3) is 0.444. The second kappa shape index (κ2) is 2.59. The summed E-state index contributed by atoms with van der Waals surface area (Å²) in [5.74, 6) is -1.08. The van der Waals surface area contributed by atoms with E-state index in [-0.39, 0.29) is 5.78 Å². The molecule has 15 heavy (non-hydrogen) atoms. The third kappa shape index (κ3) is 1.01. The van der Waals surface area contributed by atoms with E-state index in [0.29, 0.717) is 0 Å². The molecule has 1 saturated heterocycles. The molecule has 1 heterocycles. The highest BCUT2D eigenvalue weighted by Crippen LogP contribution is 2.41. The Kier molecular flexibility index (Phi) is 1.46. The number of hydrogen-bond acceptors (Lipinski definition) is 6. The van der Waals surface area contributed by atoms with E-state index in [1.165, 1.54) is 0 Å². The first-order valence-electron chi connectivity index (χ1n) is 4.48. The van der Waals surface area contributed by atoms with E-state index in [4.69, 9.17) is 9.47 Å². The van der Waals surface area contributed by atoms with Crippen LogP contribution in [0.3, 0.4) is 0 Å². The van der Waals surface area contributed by atoms with Crippen molar-refractivity contribution in [3.05, 3.63) is 12.2 Å². The summed E-state index contributed by atoms with van der Waals surface area (Å²) in [6.07, 6.45) is -0.346. The lowest BCUT2D eigenvalue weighted by atomic mass is 10.0. The van der Waals surface area contributed by atoms with Crippen molar-refractivity contribution in [1.29, 1.82) is 0 Å². The minimum atomic E-state index is -1.11. The van der Waals surface area contributed by atoms with E-state index in [1.54, 1.807) is 12.2 Å². The molecule has 0 N–H and O–H groups in total. The normalized spacial score (nSPS) is 41.7. The van der Waals surface area contributed by atoms with Gasteiger partial charge in [-0.3, -0.25) is 4.79 Å². The lowest BCUT2D eigenvalue weighted by Gasteiger charge is -2.20. The Morgan fingerprint density at radius 3 is 1.80 bits per heavy atom. The fourth-order valence-corrected chi connectivity index (χ4v) is 2.22. The largest absolute Gasteiger partial charge is 0.519 e. The number of cyclic esters (lactones) is 2. The molecule has 6 nitrogen and oxygen atoms in total. The Balaban J connectivity index is 1.97. The van der Waals surface area contributed by atoms with Gasteiger partial charge in [0.2, 0.25) is 0 Å². The van der Waals surface area contributed by atoms with Crippen molar-refractivity contribution < 1.29 is 28.6 Å². The molecule has 0 spiro atoms. The van der Waals surface area contributed by atoms with Gasteiger partial charge in [0.25, 0.3) is 0 Å². The topological polar surface area (TPSA) is 78.9 Å². The minimum Gasteiger partial charge on any atom is -0.425 e. The maximum absolute atomic E-state index is 11.6. The molecule has 0 aromatic heterocycles. The SMILES string of the molecule is O=C1OC(=O)OC2C3C=CC(C3=O)C2O1. The van der Waals surface area contributed by atoms with Crippen LogP contribution in [0.2, 0.25) is 0 Å². The zero-order chi connectivity index (χ0) is 10.6. The maximum atomic E-state index is 11.6. The van der Waals surface area contributed by atoms with Gasteiger partial charge in [0.05, 0.1) is 11.8 Å². The first-order chi connectivity index (χ1) is 7.16.